The largest absolute Gasteiger partial charge is 0.416 e. The summed E-state index contributed by atoms with van der Waals surface area (Å²) in [6.07, 6.45) is -3.97. The van der Waals surface area contributed by atoms with Crippen molar-refractivity contribution in [2.75, 3.05) is 0 Å². The lowest BCUT2D eigenvalue weighted by Crippen LogP contribution is -2.24. The molecule has 0 aliphatic carbocycles. The number of rotatable bonds is 3. The molecule has 1 atom stereocenters. The zero-order chi connectivity index (χ0) is 11.5. The van der Waals surface area contributed by atoms with Crippen molar-refractivity contribution in [3.05, 3.63) is 35.4 Å². The fraction of sp³-hybridized carbons (Fsp3) is 0.400. The average molecular weight is 219 g/mol. The Labute approximate surface area is 85.7 Å². The molecule has 0 heterocycles. The van der Waals surface area contributed by atoms with Crippen LogP contribution in [0.1, 0.15) is 18.1 Å². The molecule has 0 spiro atoms. The van der Waals surface area contributed by atoms with E-state index in [1.165, 1.54) is 6.07 Å². The van der Waals surface area contributed by atoms with Gasteiger partial charge in [-0.15, -0.1) is 0 Å². The summed E-state index contributed by atoms with van der Waals surface area (Å²) in [4.78, 5) is 0. The van der Waals surface area contributed by atoms with Crippen molar-refractivity contribution < 1.29 is 18.4 Å². The van der Waals surface area contributed by atoms with Crippen LogP contribution < -0.4 is 5.48 Å². The van der Waals surface area contributed by atoms with Crippen LogP contribution in [0.15, 0.2) is 24.3 Å². The van der Waals surface area contributed by atoms with E-state index in [-0.39, 0.29) is 6.04 Å². The van der Waals surface area contributed by atoms with E-state index in [0.717, 1.165) is 12.1 Å². The van der Waals surface area contributed by atoms with Crippen molar-refractivity contribution >= 4 is 0 Å². The molecule has 2 N–H and O–H groups in total. The molecule has 0 saturated heterocycles. The molecule has 0 aliphatic heterocycles. The number of hydrogen-bond donors (Lipinski definition) is 2. The van der Waals surface area contributed by atoms with E-state index in [1.54, 1.807) is 13.0 Å². The van der Waals surface area contributed by atoms with Gasteiger partial charge in [0.05, 0.1) is 5.56 Å². The zero-order valence-corrected chi connectivity index (χ0v) is 8.17. The quantitative estimate of drug-likeness (QED) is 0.766. The first-order valence-corrected chi connectivity index (χ1v) is 4.49. The SMILES string of the molecule is C[C@@H](Cc1cccc(C(F)(F)F)c1)NO. The van der Waals surface area contributed by atoms with Crippen molar-refractivity contribution in [2.24, 2.45) is 0 Å². The number of hydrogen-bond acceptors (Lipinski definition) is 2. The molecule has 0 aliphatic rings. The van der Waals surface area contributed by atoms with Crippen LogP contribution in [0.2, 0.25) is 0 Å². The number of alkyl halides is 3. The molecule has 84 valence electrons. The first-order valence-electron chi connectivity index (χ1n) is 4.49. The minimum Gasteiger partial charge on any atom is -0.317 e. The highest BCUT2D eigenvalue weighted by Crippen LogP contribution is 2.29. The topological polar surface area (TPSA) is 32.3 Å². The molecule has 15 heavy (non-hydrogen) atoms. The Balaban J connectivity index is 2.84. The van der Waals surface area contributed by atoms with Crippen LogP contribution in [0.25, 0.3) is 0 Å². The van der Waals surface area contributed by atoms with E-state index in [0.29, 0.717) is 12.0 Å². The Morgan fingerprint density at radius 1 is 1.40 bits per heavy atom. The second-order valence-electron chi connectivity index (χ2n) is 3.43. The highest BCUT2D eigenvalue weighted by molar-refractivity contribution is 5.26. The van der Waals surface area contributed by atoms with Crippen molar-refractivity contribution in [3.63, 3.8) is 0 Å². The van der Waals surface area contributed by atoms with Gasteiger partial charge in [0.1, 0.15) is 0 Å². The Bertz CT molecular complexity index is 325. The molecule has 1 aromatic carbocycles. The van der Waals surface area contributed by atoms with Gasteiger partial charge >= 0.3 is 6.18 Å². The highest BCUT2D eigenvalue weighted by Gasteiger charge is 2.30. The van der Waals surface area contributed by atoms with Crippen molar-refractivity contribution in [3.8, 4) is 0 Å². The zero-order valence-electron chi connectivity index (χ0n) is 8.17. The van der Waals surface area contributed by atoms with Crippen LogP contribution in [0.5, 0.6) is 0 Å². The van der Waals surface area contributed by atoms with Crippen LogP contribution in [-0.4, -0.2) is 11.2 Å². The van der Waals surface area contributed by atoms with Gasteiger partial charge in [0, 0.05) is 6.04 Å². The van der Waals surface area contributed by atoms with Crippen LogP contribution in [0.4, 0.5) is 13.2 Å². The molecule has 1 rings (SSSR count). The first kappa shape index (κ1) is 12.0. The maximum atomic E-state index is 12.3. The van der Waals surface area contributed by atoms with Gasteiger partial charge in [0.25, 0.3) is 0 Å². The summed E-state index contributed by atoms with van der Waals surface area (Å²) in [5.41, 5.74) is 1.87. The van der Waals surface area contributed by atoms with E-state index in [1.807, 2.05) is 5.48 Å². The van der Waals surface area contributed by atoms with E-state index in [4.69, 9.17) is 5.21 Å². The minimum absolute atomic E-state index is 0.270. The molecule has 2 nitrogen and oxygen atoms in total. The highest BCUT2D eigenvalue weighted by atomic mass is 19.4. The number of benzene rings is 1. The lowest BCUT2D eigenvalue weighted by molar-refractivity contribution is -0.137. The first-order chi connectivity index (χ1) is 6.93. The molecule has 5 heteroatoms. The molecule has 0 saturated carbocycles. The van der Waals surface area contributed by atoms with Gasteiger partial charge < -0.3 is 5.21 Å². The second kappa shape index (κ2) is 4.63. The van der Waals surface area contributed by atoms with Gasteiger partial charge in [-0.05, 0) is 25.0 Å². The maximum Gasteiger partial charge on any atom is 0.416 e. The summed E-state index contributed by atoms with van der Waals surface area (Å²) in [5.74, 6) is 0. The molecular formula is C10H12F3NO. The third-order valence-corrected chi connectivity index (χ3v) is 2.02. The fourth-order valence-electron chi connectivity index (χ4n) is 1.27. The number of hydroxylamine groups is 1. The standard InChI is InChI=1S/C10H12F3NO/c1-7(14-15)5-8-3-2-4-9(6-8)10(11,12)13/h2-4,6-7,14-15H,5H2,1H3/t7-/m0/s1. The molecule has 0 bridgehead atoms. The normalized spacial score (nSPS) is 13.9. The summed E-state index contributed by atoms with van der Waals surface area (Å²) in [7, 11) is 0. The second-order valence-corrected chi connectivity index (χ2v) is 3.43. The molecule has 0 radical (unpaired) electrons. The molecule has 1 aromatic rings. The van der Waals surface area contributed by atoms with E-state index >= 15 is 0 Å². The molecule has 0 amide bonds. The smallest absolute Gasteiger partial charge is 0.317 e. The maximum absolute atomic E-state index is 12.3. The molecule has 0 aromatic heterocycles. The van der Waals surface area contributed by atoms with Crippen LogP contribution in [-0.2, 0) is 12.6 Å². The van der Waals surface area contributed by atoms with Crippen molar-refractivity contribution in [1.82, 2.24) is 5.48 Å². The predicted molar refractivity (Wildman–Crippen MR) is 49.5 cm³/mol. The molecular weight excluding hydrogens is 207 g/mol. The van der Waals surface area contributed by atoms with Gasteiger partial charge in [-0.2, -0.15) is 13.2 Å². The van der Waals surface area contributed by atoms with Crippen LogP contribution >= 0.6 is 0 Å². The fourth-order valence-corrected chi connectivity index (χ4v) is 1.27. The van der Waals surface area contributed by atoms with Gasteiger partial charge in [-0.3, -0.25) is 0 Å². The summed E-state index contributed by atoms with van der Waals surface area (Å²) in [6.45, 7) is 1.68. The lowest BCUT2D eigenvalue weighted by Gasteiger charge is -2.11. The Hall–Kier alpha value is -1.07. The molecule has 0 fully saturated rings. The third-order valence-electron chi connectivity index (χ3n) is 2.02. The van der Waals surface area contributed by atoms with Crippen LogP contribution in [0.3, 0.4) is 0 Å². The number of halogens is 3. The summed E-state index contributed by atoms with van der Waals surface area (Å²) >= 11 is 0. The van der Waals surface area contributed by atoms with E-state index in [2.05, 4.69) is 0 Å². The average Bonchev–Trinajstić information content (AvgIpc) is 2.17. The van der Waals surface area contributed by atoms with Gasteiger partial charge in [0.2, 0.25) is 0 Å². The van der Waals surface area contributed by atoms with Gasteiger partial charge in [-0.25, -0.2) is 5.48 Å². The van der Waals surface area contributed by atoms with E-state index in [9.17, 15) is 13.2 Å². The van der Waals surface area contributed by atoms with E-state index < -0.39 is 11.7 Å². The Morgan fingerprint density at radius 2 is 2.07 bits per heavy atom. The summed E-state index contributed by atoms with van der Waals surface area (Å²) in [6, 6.07) is 4.81. The monoisotopic (exact) mass is 219 g/mol. The lowest BCUT2D eigenvalue weighted by atomic mass is 10.0. The third kappa shape index (κ3) is 3.53. The predicted octanol–water partition coefficient (Wildman–Crippen LogP) is 2.62. The van der Waals surface area contributed by atoms with Crippen LogP contribution in [0, 0.1) is 0 Å². The van der Waals surface area contributed by atoms with Gasteiger partial charge in [0.15, 0.2) is 0 Å². The number of nitrogens with one attached hydrogen (secondary N) is 1. The van der Waals surface area contributed by atoms with Crippen molar-refractivity contribution in [2.45, 2.75) is 25.6 Å². The summed E-state index contributed by atoms with van der Waals surface area (Å²) < 4.78 is 37.0. The Morgan fingerprint density at radius 3 is 2.60 bits per heavy atom. The minimum atomic E-state index is -4.31. The van der Waals surface area contributed by atoms with Crippen molar-refractivity contribution in [1.29, 1.82) is 0 Å². The molecule has 0 unspecified atom stereocenters. The summed E-state index contributed by atoms with van der Waals surface area (Å²) in [5, 5.41) is 8.55. The Kier molecular flexibility index (Phi) is 3.71. The van der Waals surface area contributed by atoms with Gasteiger partial charge in [-0.1, -0.05) is 18.2 Å².